The second-order valence-electron chi connectivity index (χ2n) is 5.79. The Labute approximate surface area is 145 Å². The highest BCUT2D eigenvalue weighted by atomic mass is 16.5. The lowest BCUT2D eigenvalue weighted by Gasteiger charge is -2.11. The molecule has 0 radical (unpaired) electrons. The van der Waals surface area contributed by atoms with E-state index in [9.17, 15) is 9.59 Å². The fourth-order valence-corrected chi connectivity index (χ4v) is 2.67. The number of rotatable bonds is 7. The van der Waals surface area contributed by atoms with Gasteiger partial charge in [0.15, 0.2) is 5.69 Å². The van der Waals surface area contributed by atoms with E-state index in [1.54, 1.807) is 12.1 Å². The van der Waals surface area contributed by atoms with Crippen molar-refractivity contribution < 1.29 is 14.3 Å². The minimum Gasteiger partial charge on any atom is -0.476 e. The zero-order valence-electron chi connectivity index (χ0n) is 14.1. The number of amides is 1. The van der Waals surface area contributed by atoms with Crippen LogP contribution in [0, 0.1) is 0 Å². The minimum absolute atomic E-state index is 0.128. The van der Waals surface area contributed by atoms with Gasteiger partial charge in [-0.05, 0) is 19.0 Å². The molecular formula is C17H21N5O3. The van der Waals surface area contributed by atoms with Gasteiger partial charge in [-0.15, -0.1) is 0 Å². The number of ketones is 1. The van der Waals surface area contributed by atoms with Crippen molar-refractivity contribution in [2.45, 2.75) is 26.2 Å². The van der Waals surface area contributed by atoms with Gasteiger partial charge >= 0.3 is 0 Å². The molecule has 1 aliphatic carbocycles. The zero-order chi connectivity index (χ0) is 17.6. The van der Waals surface area contributed by atoms with E-state index in [0.29, 0.717) is 36.6 Å². The van der Waals surface area contributed by atoms with Crippen molar-refractivity contribution >= 4 is 17.4 Å². The average Bonchev–Trinajstić information content (AvgIpc) is 3.03. The van der Waals surface area contributed by atoms with Gasteiger partial charge < -0.3 is 15.4 Å². The number of pyridine rings is 1. The van der Waals surface area contributed by atoms with E-state index < -0.39 is 0 Å². The number of nitrogens with zero attached hydrogens (tertiary/aromatic N) is 2. The minimum atomic E-state index is -0.352. The number of fused-ring (bicyclic) bond motifs is 1. The Balaban J connectivity index is 1.60. The maximum absolute atomic E-state index is 12.4. The standard InChI is InChI=1S/C17H21N5O3/c1-2-18-7-8-25-15-6-3-11(10-19-15)20-17(24)16-13-9-12(23)4-5-14(13)21-22-16/h3,6,10,18H,2,4-5,7-9H2,1H3,(H,20,24)(H,21,22). The summed E-state index contributed by atoms with van der Waals surface area (Å²) < 4.78 is 5.49. The molecule has 0 saturated carbocycles. The summed E-state index contributed by atoms with van der Waals surface area (Å²) in [6.07, 6.45) is 2.89. The Morgan fingerprint density at radius 1 is 1.36 bits per heavy atom. The summed E-state index contributed by atoms with van der Waals surface area (Å²) in [6.45, 7) is 4.20. The fourth-order valence-electron chi connectivity index (χ4n) is 2.67. The Hall–Kier alpha value is -2.74. The number of hydrogen-bond acceptors (Lipinski definition) is 6. The summed E-state index contributed by atoms with van der Waals surface area (Å²) in [4.78, 5) is 28.2. The van der Waals surface area contributed by atoms with Crippen LogP contribution in [0.1, 0.15) is 35.1 Å². The third kappa shape index (κ3) is 4.21. The number of ether oxygens (including phenoxy) is 1. The van der Waals surface area contributed by atoms with Crippen LogP contribution in [-0.4, -0.2) is 46.6 Å². The van der Waals surface area contributed by atoms with E-state index >= 15 is 0 Å². The molecule has 2 aromatic rings. The van der Waals surface area contributed by atoms with Crippen LogP contribution < -0.4 is 15.4 Å². The lowest BCUT2D eigenvalue weighted by molar-refractivity contribution is -0.118. The van der Waals surface area contributed by atoms with Crippen LogP contribution in [0.15, 0.2) is 18.3 Å². The van der Waals surface area contributed by atoms with Gasteiger partial charge in [0.2, 0.25) is 5.88 Å². The van der Waals surface area contributed by atoms with Crippen molar-refractivity contribution in [2.24, 2.45) is 0 Å². The summed E-state index contributed by atoms with van der Waals surface area (Å²) in [7, 11) is 0. The third-order valence-electron chi connectivity index (χ3n) is 3.97. The van der Waals surface area contributed by atoms with Gasteiger partial charge in [0.05, 0.1) is 11.9 Å². The number of aryl methyl sites for hydroxylation is 1. The highest BCUT2D eigenvalue weighted by Crippen LogP contribution is 2.21. The molecule has 3 N–H and O–H groups in total. The van der Waals surface area contributed by atoms with E-state index in [0.717, 1.165) is 18.8 Å². The molecule has 2 heterocycles. The van der Waals surface area contributed by atoms with Crippen LogP contribution in [0.25, 0.3) is 0 Å². The quantitative estimate of drug-likeness (QED) is 0.650. The number of aromatic amines is 1. The number of nitrogens with one attached hydrogen (secondary N) is 3. The predicted molar refractivity (Wildman–Crippen MR) is 91.8 cm³/mol. The van der Waals surface area contributed by atoms with Crippen LogP contribution >= 0.6 is 0 Å². The van der Waals surface area contributed by atoms with E-state index in [2.05, 4.69) is 25.8 Å². The summed E-state index contributed by atoms with van der Waals surface area (Å²) in [5.41, 5.74) is 2.38. The molecule has 8 heteroatoms. The third-order valence-corrected chi connectivity index (χ3v) is 3.97. The number of likely N-dealkylation sites (N-methyl/N-ethyl adjacent to an activating group) is 1. The van der Waals surface area contributed by atoms with Crippen molar-refractivity contribution in [3.8, 4) is 5.88 Å². The average molecular weight is 343 g/mol. The van der Waals surface area contributed by atoms with E-state index in [4.69, 9.17) is 4.74 Å². The molecule has 0 atom stereocenters. The van der Waals surface area contributed by atoms with Crippen LogP contribution in [0.2, 0.25) is 0 Å². The Morgan fingerprint density at radius 2 is 2.24 bits per heavy atom. The van der Waals surface area contributed by atoms with Crippen molar-refractivity contribution in [1.82, 2.24) is 20.5 Å². The first-order chi connectivity index (χ1) is 12.2. The van der Waals surface area contributed by atoms with Crippen molar-refractivity contribution in [1.29, 1.82) is 0 Å². The number of carbonyl (C=O) groups is 2. The molecule has 0 aliphatic heterocycles. The van der Waals surface area contributed by atoms with E-state index in [1.807, 2.05) is 6.92 Å². The second kappa shape index (κ2) is 7.89. The van der Waals surface area contributed by atoms with Crippen LogP contribution in [0.4, 0.5) is 5.69 Å². The van der Waals surface area contributed by atoms with Crippen molar-refractivity contribution in [3.63, 3.8) is 0 Å². The second-order valence-corrected chi connectivity index (χ2v) is 5.79. The fraction of sp³-hybridized carbons (Fsp3) is 0.412. The summed E-state index contributed by atoms with van der Waals surface area (Å²) in [5.74, 6) is 0.275. The van der Waals surface area contributed by atoms with Crippen LogP contribution in [0.5, 0.6) is 5.88 Å². The maximum Gasteiger partial charge on any atom is 0.276 e. The molecule has 0 spiro atoms. The largest absolute Gasteiger partial charge is 0.476 e. The molecule has 2 aromatic heterocycles. The normalized spacial score (nSPS) is 13.4. The first kappa shape index (κ1) is 17.1. The maximum atomic E-state index is 12.4. The van der Waals surface area contributed by atoms with Gasteiger partial charge in [-0.25, -0.2) is 4.98 Å². The number of carbonyl (C=O) groups excluding carboxylic acids is 2. The molecule has 1 amide bonds. The lowest BCUT2D eigenvalue weighted by Crippen LogP contribution is -2.20. The highest BCUT2D eigenvalue weighted by molar-refractivity contribution is 6.05. The predicted octanol–water partition coefficient (Wildman–Crippen LogP) is 1.10. The molecular weight excluding hydrogens is 322 g/mol. The molecule has 8 nitrogen and oxygen atoms in total. The summed E-state index contributed by atoms with van der Waals surface area (Å²) in [5, 5.41) is 12.8. The first-order valence-corrected chi connectivity index (χ1v) is 8.36. The number of H-pyrrole nitrogens is 1. The molecule has 132 valence electrons. The molecule has 0 saturated heterocycles. The topological polar surface area (TPSA) is 109 Å². The molecule has 0 aromatic carbocycles. The van der Waals surface area contributed by atoms with Gasteiger partial charge in [0, 0.05) is 36.7 Å². The first-order valence-electron chi connectivity index (χ1n) is 8.36. The van der Waals surface area contributed by atoms with Gasteiger partial charge in [0.1, 0.15) is 12.4 Å². The Kier molecular flexibility index (Phi) is 5.39. The molecule has 0 bridgehead atoms. The highest BCUT2D eigenvalue weighted by Gasteiger charge is 2.25. The molecule has 3 rings (SSSR count). The van der Waals surface area contributed by atoms with Crippen molar-refractivity contribution in [3.05, 3.63) is 35.3 Å². The van der Waals surface area contributed by atoms with Gasteiger partial charge in [-0.1, -0.05) is 6.92 Å². The van der Waals surface area contributed by atoms with E-state index in [-0.39, 0.29) is 23.8 Å². The van der Waals surface area contributed by atoms with Gasteiger partial charge in [-0.2, -0.15) is 5.10 Å². The number of hydrogen-bond donors (Lipinski definition) is 3. The number of Topliss-reactive ketones (excluding diaryl/α,β-unsaturated/α-hetero) is 1. The zero-order valence-corrected chi connectivity index (χ0v) is 14.1. The van der Waals surface area contributed by atoms with E-state index in [1.165, 1.54) is 6.20 Å². The van der Waals surface area contributed by atoms with Crippen LogP contribution in [0.3, 0.4) is 0 Å². The number of anilines is 1. The molecule has 1 aliphatic rings. The Bertz CT molecular complexity index is 754. The van der Waals surface area contributed by atoms with Gasteiger partial charge in [-0.3, -0.25) is 14.7 Å². The molecule has 0 fully saturated rings. The van der Waals surface area contributed by atoms with Crippen molar-refractivity contribution in [2.75, 3.05) is 25.0 Å². The lowest BCUT2D eigenvalue weighted by atomic mass is 9.94. The van der Waals surface area contributed by atoms with Crippen LogP contribution in [-0.2, 0) is 17.6 Å². The molecule has 25 heavy (non-hydrogen) atoms. The number of aromatic nitrogens is 3. The summed E-state index contributed by atoms with van der Waals surface area (Å²) >= 11 is 0. The summed E-state index contributed by atoms with van der Waals surface area (Å²) in [6, 6.07) is 3.42. The molecule has 0 unspecified atom stereocenters. The Morgan fingerprint density at radius 3 is 3.00 bits per heavy atom. The smallest absolute Gasteiger partial charge is 0.276 e. The van der Waals surface area contributed by atoms with Gasteiger partial charge in [0.25, 0.3) is 5.91 Å². The monoisotopic (exact) mass is 343 g/mol. The SMILES string of the molecule is CCNCCOc1ccc(NC(=O)c2n[nH]c3c2CC(=O)CC3)cn1.